The van der Waals surface area contributed by atoms with E-state index in [-0.39, 0.29) is 56.4 Å². The van der Waals surface area contributed by atoms with Crippen LogP contribution >= 0.6 is 0 Å². The average molecular weight is 607 g/mol. The van der Waals surface area contributed by atoms with E-state index in [1.807, 2.05) is 0 Å². The first-order valence-corrected chi connectivity index (χ1v) is 14.5. The van der Waals surface area contributed by atoms with Crippen LogP contribution < -0.4 is 9.62 Å². The molecule has 6 rings (SSSR count). The molecule has 0 spiro atoms. The molecule has 43 heavy (non-hydrogen) atoms. The lowest BCUT2D eigenvalue weighted by molar-refractivity contribution is 0.0964. The van der Waals surface area contributed by atoms with Crippen molar-refractivity contribution in [3.8, 4) is 33.9 Å². The quantitative estimate of drug-likeness (QED) is 0.242. The second kappa shape index (κ2) is 10.3. The van der Waals surface area contributed by atoms with Gasteiger partial charge in [-0.1, -0.05) is 0 Å². The summed E-state index contributed by atoms with van der Waals surface area (Å²) in [7, 11) is -1.07. The van der Waals surface area contributed by atoms with Crippen LogP contribution in [0.2, 0.25) is 0 Å². The van der Waals surface area contributed by atoms with Gasteiger partial charge < -0.3 is 14.2 Å². The van der Waals surface area contributed by atoms with Gasteiger partial charge in [0.15, 0.2) is 0 Å². The standard InChI is InChI=1S/C30H21F3N4O5S/c1-34-28(38)26-22-12-21(16-8-17(10-19(32)9-16)29-36-23-11-20(33)14-35-30(23)42-29)24(37(2)43(3,39)40)13-25(22)41-27(26)15-4-6-18(31)7-5-15/h4-14H,1-3H3,(H,34,38). The molecule has 13 heteroatoms. The number of nitrogens with zero attached hydrogens (tertiary/aromatic N) is 3. The third-order valence-corrected chi connectivity index (χ3v) is 8.07. The number of anilines is 1. The van der Waals surface area contributed by atoms with E-state index in [0.717, 1.165) is 28.9 Å². The predicted molar refractivity (Wildman–Crippen MR) is 154 cm³/mol. The molecule has 0 bridgehead atoms. The zero-order valence-corrected chi connectivity index (χ0v) is 23.6. The lowest BCUT2D eigenvalue weighted by Crippen LogP contribution is -2.25. The minimum absolute atomic E-state index is 0.0408. The van der Waals surface area contributed by atoms with Crippen LogP contribution in [0.1, 0.15) is 10.4 Å². The van der Waals surface area contributed by atoms with E-state index < -0.39 is 33.4 Å². The highest BCUT2D eigenvalue weighted by Gasteiger charge is 2.26. The zero-order valence-electron chi connectivity index (χ0n) is 22.8. The normalized spacial score (nSPS) is 11.8. The van der Waals surface area contributed by atoms with Gasteiger partial charge in [0.1, 0.15) is 34.3 Å². The van der Waals surface area contributed by atoms with Crippen molar-refractivity contribution < 1.29 is 35.2 Å². The number of rotatable bonds is 6. The largest absolute Gasteiger partial charge is 0.455 e. The van der Waals surface area contributed by atoms with Gasteiger partial charge in [0.25, 0.3) is 5.91 Å². The maximum atomic E-state index is 15.1. The minimum Gasteiger partial charge on any atom is -0.455 e. The first-order chi connectivity index (χ1) is 20.4. The fourth-order valence-corrected chi connectivity index (χ4v) is 5.26. The summed E-state index contributed by atoms with van der Waals surface area (Å²) < 4.78 is 80.5. The Morgan fingerprint density at radius 1 is 0.884 bits per heavy atom. The topological polar surface area (TPSA) is 119 Å². The highest BCUT2D eigenvalue weighted by Crippen LogP contribution is 2.42. The van der Waals surface area contributed by atoms with E-state index in [9.17, 15) is 22.0 Å². The van der Waals surface area contributed by atoms with E-state index in [1.165, 1.54) is 62.6 Å². The van der Waals surface area contributed by atoms with Crippen molar-refractivity contribution in [1.29, 1.82) is 0 Å². The number of oxazole rings is 1. The molecule has 9 nitrogen and oxygen atoms in total. The molecule has 6 aromatic rings. The fourth-order valence-electron chi connectivity index (χ4n) is 4.75. The van der Waals surface area contributed by atoms with Gasteiger partial charge in [-0.15, -0.1) is 0 Å². The molecule has 0 aliphatic rings. The maximum absolute atomic E-state index is 15.1. The molecule has 0 fully saturated rings. The van der Waals surface area contributed by atoms with Crippen molar-refractivity contribution in [2.45, 2.75) is 0 Å². The van der Waals surface area contributed by atoms with Gasteiger partial charge in [0.05, 0.1) is 23.7 Å². The van der Waals surface area contributed by atoms with Gasteiger partial charge in [0.2, 0.25) is 21.6 Å². The lowest BCUT2D eigenvalue weighted by atomic mass is 9.97. The van der Waals surface area contributed by atoms with E-state index in [2.05, 4.69) is 15.3 Å². The molecule has 0 unspecified atom stereocenters. The highest BCUT2D eigenvalue weighted by molar-refractivity contribution is 7.92. The molecule has 218 valence electrons. The van der Waals surface area contributed by atoms with Gasteiger partial charge in [-0.25, -0.2) is 31.6 Å². The van der Waals surface area contributed by atoms with Gasteiger partial charge >= 0.3 is 0 Å². The number of halogens is 3. The van der Waals surface area contributed by atoms with Gasteiger partial charge in [-0.3, -0.25) is 9.10 Å². The fraction of sp³-hybridized carbons (Fsp3) is 0.100. The average Bonchev–Trinajstić information content (AvgIpc) is 3.56. The van der Waals surface area contributed by atoms with E-state index in [4.69, 9.17) is 8.83 Å². The Labute approximate surface area is 242 Å². The summed E-state index contributed by atoms with van der Waals surface area (Å²) in [6.45, 7) is 0. The Morgan fingerprint density at radius 3 is 2.30 bits per heavy atom. The SMILES string of the molecule is CNC(=O)c1c(-c2ccc(F)cc2)oc2cc(N(C)S(C)(=O)=O)c(-c3cc(F)cc(-c4nc5cc(F)cnc5o4)c3)cc12. The number of amides is 1. The monoisotopic (exact) mass is 606 g/mol. The Hall–Kier alpha value is -5.17. The number of nitrogens with one attached hydrogen (secondary N) is 1. The molecule has 0 saturated heterocycles. The smallest absolute Gasteiger partial charge is 0.255 e. The van der Waals surface area contributed by atoms with Crippen LogP contribution in [0.15, 0.2) is 75.7 Å². The molecular formula is C30H21F3N4O5S. The first kappa shape index (κ1) is 28.0. The summed E-state index contributed by atoms with van der Waals surface area (Å²) in [5.74, 6) is -2.23. The maximum Gasteiger partial charge on any atom is 0.255 e. The van der Waals surface area contributed by atoms with E-state index in [1.54, 1.807) is 0 Å². The van der Waals surface area contributed by atoms with E-state index >= 15 is 4.39 Å². The Bertz CT molecular complexity index is 2180. The van der Waals surface area contributed by atoms with Gasteiger partial charge in [0, 0.05) is 48.3 Å². The predicted octanol–water partition coefficient (Wildman–Crippen LogP) is 6.14. The number of hydrogen-bond acceptors (Lipinski definition) is 7. The summed E-state index contributed by atoms with van der Waals surface area (Å²) >= 11 is 0. The second-order valence-corrected chi connectivity index (χ2v) is 11.7. The van der Waals surface area contributed by atoms with Crippen molar-refractivity contribution in [2.75, 3.05) is 24.7 Å². The molecule has 0 atom stereocenters. The van der Waals surface area contributed by atoms with Crippen LogP contribution in [0.3, 0.4) is 0 Å². The number of aromatic nitrogens is 2. The van der Waals surface area contributed by atoms with Crippen LogP contribution in [-0.4, -0.2) is 44.6 Å². The Kier molecular flexibility index (Phi) is 6.69. The molecular weight excluding hydrogens is 585 g/mol. The Morgan fingerprint density at radius 2 is 1.60 bits per heavy atom. The molecule has 1 amide bonds. The number of carbonyl (C=O) groups excluding carboxylic acids is 1. The number of carbonyl (C=O) groups is 1. The summed E-state index contributed by atoms with van der Waals surface area (Å²) in [5.41, 5.74) is 1.60. The molecule has 0 aliphatic carbocycles. The van der Waals surface area contributed by atoms with Crippen molar-refractivity contribution in [3.63, 3.8) is 0 Å². The molecule has 3 aromatic carbocycles. The molecule has 0 aliphatic heterocycles. The number of benzene rings is 3. The van der Waals surface area contributed by atoms with E-state index in [0.29, 0.717) is 10.9 Å². The first-order valence-electron chi connectivity index (χ1n) is 12.7. The number of sulfonamides is 1. The summed E-state index contributed by atoms with van der Waals surface area (Å²) in [6, 6.07) is 13.3. The summed E-state index contributed by atoms with van der Waals surface area (Å²) in [5, 5.41) is 2.86. The molecule has 0 saturated carbocycles. The molecule has 3 heterocycles. The van der Waals surface area contributed by atoms with Crippen molar-refractivity contribution in [2.24, 2.45) is 0 Å². The second-order valence-electron chi connectivity index (χ2n) is 9.71. The van der Waals surface area contributed by atoms with Crippen LogP contribution in [0.4, 0.5) is 18.9 Å². The summed E-state index contributed by atoms with van der Waals surface area (Å²) in [6.07, 6.45) is 1.97. The molecule has 0 radical (unpaired) electrons. The minimum atomic E-state index is -3.83. The molecule has 3 aromatic heterocycles. The lowest BCUT2D eigenvalue weighted by Gasteiger charge is -2.21. The van der Waals surface area contributed by atoms with Crippen LogP contribution in [-0.2, 0) is 10.0 Å². The third-order valence-electron chi connectivity index (χ3n) is 6.87. The molecule has 1 N–H and O–H groups in total. The number of hydrogen-bond donors (Lipinski definition) is 1. The zero-order chi connectivity index (χ0) is 30.6. The van der Waals surface area contributed by atoms with Gasteiger partial charge in [-0.2, -0.15) is 0 Å². The number of furan rings is 1. The van der Waals surface area contributed by atoms with Crippen LogP contribution in [0.25, 0.3) is 56.1 Å². The van der Waals surface area contributed by atoms with Crippen LogP contribution in [0, 0.1) is 17.5 Å². The van der Waals surface area contributed by atoms with Crippen molar-refractivity contribution >= 4 is 43.8 Å². The van der Waals surface area contributed by atoms with Crippen molar-refractivity contribution in [3.05, 3.63) is 89.9 Å². The summed E-state index contributed by atoms with van der Waals surface area (Å²) in [4.78, 5) is 21.2. The highest BCUT2D eigenvalue weighted by atomic mass is 32.2. The van der Waals surface area contributed by atoms with Gasteiger partial charge in [-0.05, 0) is 54.1 Å². The number of pyridine rings is 1. The van der Waals surface area contributed by atoms with Crippen molar-refractivity contribution in [1.82, 2.24) is 15.3 Å². The third kappa shape index (κ3) is 5.07. The van der Waals surface area contributed by atoms with Crippen LogP contribution in [0.5, 0.6) is 0 Å². The number of fused-ring (bicyclic) bond motifs is 2. The Balaban J connectivity index is 1.62.